The van der Waals surface area contributed by atoms with Gasteiger partial charge in [0.15, 0.2) is 0 Å². The number of carbonyl (C=O) groups excluding carboxylic acids is 3. The Morgan fingerprint density at radius 3 is 1.29 bits per heavy atom. The zero-order valence-corrected chi connectivity index (χ0v) is 37.8. The molecule has 0 saturated carbocycles. The number of aliphatic hydroxyl groups excluding tert-OH is 1. The highest BCUT2D eigenvalue weighted by atomic mass is 16.5. The fourth-order valence-electron chi connectivity index (χ4n) is 7.48. The molecule has 4 N–H and O–H groups in total. The summed E-state index contributed by atoms with van der Waals surface area (Å²) in [4.78, 5) is 47.7. The van der Waals surface area contributed by atoms with Crippen molar-refractivity contribution in [1.29, 1.82) is 0 Å². The number of unbranched alkanes of at least 4 members (excludes halogenated alkanes) is 29. The van der Waals surface area contributed by atoms with Gasteiger partial charge in [0.2, 0.25) is 11.8 Å². The number of aliphatic carboxylic acids is 1. The van der Waals surface area contributed by atoms with Crippen molar-refractivity contribution < 1.29 is 34.1 Å². The lowest BCUT2D eigenvalue weighted by molar-refractivity contribution is -0.150. The highest BCUT2D eigenvalue weighted by Gasteiger charge is 2.19. The Balaban J connectivity index is 4.31. The standard InChI is InChI=1S/C49H92N2O7/c1-3-5-7-9-11-13-15-17-19-21-23-25-27-30-34-38-44(39-35-31-29-32-36-40-46(53)50-42-47(54)51-45(43-52)49(56)57)58-48(55)41-37-33-28-26-24-22-20-18-16-14-12-10-8-6-4-2/h18,20,44-45,52H,3-17,19,21-43H2,1-2H3,(H,50,53)(H,51,54)(H,56,57)/b20-18-. The van der Waals surface area contributed by atoms with E-state index in [1.807, 2.05) is 0 Å². The summed E-state index contributed by atoms with van der Waals surface area (Å²) < 4.78 is 6.06. The maximum atomic E-state index is 12.8. The van der Waals surface area contributed by atoms with Crippen molar-refractivity contribution in [2.75, 3.05) is 13.2 Å². The van der Waals surface area contributed by atoms with Gasteiger partial charge < -0.3 is 25.6 Å². The maximum Gasteiger partial charge on any atom is 0.328 e. The fraction of sp³-hybridized carbons (Fsp3) is 0.878. The van der Waals surface area contributed by atoms with Gasteiger partial charge in [-0.3, -0.25) is 14.4 Å². The first-order valence-electron chi connectivity index (χ1n) is 24.6. The summed E-state index contributed by atoms with van der Waals surface area (Å²) in [5, 5.41) is 22.6. The molecule has 0 aromatic carbocycles. The molecule has 0 heterocycles. The molecule has 0 aliphatic heterocycles. The van der Waals surface area contributed by atoms with Crippen molar-refractivity contribution in [2.24, 2.45) is 0 Å². The summed E-state index contributed by atoms with van der Waals surface area (Å²) in [6.07, 6.45) is 48.1. The molecule has 0 radical (unpaired) electrons. The van der Waals surface area contributed by atoms with E-state index in [-0.39, 0.29) is 24.5 Å². The Labute approximate surface area is 356 Å². The van der Waals surface area contributed by atoms with Gasteiger partial charge in [-0.2, -0.15) is 0 Å². The highest BCUT2D eigenvalue weighted by molar-refractivity contribution is 5.87. The highest BCUT2D eigenvalue weighted by Crippen LogP contribution is 2.19. The number of carbonyl (C=O) groups is 4. The monoisotopic (exact) mass is 821 g/mol. The Morgan fingerprint density at radius 2 is 0.879 bits per heavy atom. The van der Waals surface area contributed by atoms with Gasteiger partial charge in [-0.05, 0) is 64.2 Å². The van der Waals surface area contributed by atoms with Crippen LogP contribution in [-0.4, -0.2) is 59.3 Å². The predicted molar refractivity (Wildman–Crippen MR) is 241 cm³/mol. The van der Waals surface area contributed by atoms with Crippen LogP contribution in [0.25, 0.3) is 0 Å². The molecule has 9 nitrogen and oxygen atoms in total. The van der Waals surface area contributed by atoms with Crippen molar-refractivity contribution in [1.82, 2.24) is 10.6 Å². The molecule has 2 atom stereocenters. The Morgan fingerprint density at radius 1 is 0.500 bits per heavy atom. The maximum absolute atomic E-state index is 12.8. The van der Waals surface area contributed by atoms with Crippen molar-refractivity contribution >= 4 is 23.8 Å². The summed E-state index contributed by atoms with van der Waals surface area (Å²) in [5.74, 6) is -2.28. The van der Waals surface area contributed by atoms with Crippen LogP contribution in [0.15, 0.2) is 12.2 Å². The van der Waals surface area contributed by atoms with Crippen LogP contribution < -0.4 is 10.6 Å². The molecule has 0 rings (SSSR count). The third kappa shape index (κ3) is 40.4. The number of hydrogen-bond acceptors (Lipinski definition) is 6. The Hall–Kier alpha value is -2.42. The average Bonchev–Trinajstić information content (AvgIpc) is 3.21. The second kappa shape index (κ2) is 44.1. The van der Waals surface area contributed by atoms with Crippen molar-refractivity contribution in [2.45, 2.75) is 264 Å². The molecule has 0 spiro atoms. The number of aliphatic hydroxyl groups is 1. The topological polar surface area (TPSA) is 142 Å². The smallest absolute Gasteiger partial charge is 0.328 e. The third-order valence-electron chi connectivity index (χ3n) is 11.3. The number of esters is 1. The van der Waals surface area contributed by atoms with Crippen LogP contribution in [0.2, 0.25) is 0 Å². The van der Waals surface area contributed by atoms with Crippen LogP contribution in [0.4, 0.5) is 0 Å². The molecule has 0 aliphatic carbocycles. The molecular formula is C49H92N2O7. The zero-order chi connectivity index (χ0) is 42.6. The zero-order valence-electron chi connectivity index (χ0n) is 37.8. The van der Waals surface area contributed by atoms with Gasteiger partial charge in [0.25, 0.3) is 0 Å². The summed E-state index contributed by atoms with van der Waals surface area (Å²) in [6.45, 7) is 3.51. The predicted octanol–water partition coefficient (Wildman–Crippen LogP) is 12.6. The molecule has 0 saturated heterocycles. The summed E-state index contributed by atoms with van der Waals surface area (Å²) in [5.41, 5.74) is 0. The van der Waals surface area contributed by atoms with E-state index in [0.717, 1.165) is 57.8 Å². The number of rotatable bonds is 45. The van der Waals surface area contributed by atoms with E-state index >= 15 is 0 Å². The Bertz CT molecular complexity index is 988. The summed E-state index contributed by atoms with van der Waals surface area (Å²) >= 11 is 0. The van der Waals surface area contributed by atoms with E-state index in [1.165, 1.54) is 161 Å². The molecule has 2 amide bonds. The quantitative estimate of drug-likeness (QED) is 0.0272. The van der Waals surface area contributed by atoms with E-state index in [2.05, 4.69) is 36.6 Å². The Kier molecular flexibility index (Phi) is 42.3. The number of amides is 2. The lowest BCUT2D eigenvalue weighted by Crippen LogP contribution is -2.47. The number of carboxylic acids is 1. The van der Waals surface area contributed by atoms with Gasteiger partial charge in [-0.25, -0.2) is 4.79 Å². The minimum atomic E-state index is -1.38. The summed E-state index contributed by atoms with van der Waals surface area (Å²) in [7, 11) is 0. The van der Waals surface area contributed by atoms with Crippen molar-refractivity contribution in [3.8, 4) is 0 Å². The number of hydrogen-bond donors (Lipinski definition) is 4. The van der Waals surface area contributed by atoms with Gasteiger partial charge in [0.1, 0.15) is 12.1 Å². The van der Waals surface area contributed by atoms with Crippen LogP contribution in [0.5, 0.6) is 0 Å². The van der Waals surface area contributed by atoms with E-state index in [9.17, 15) is 19.2 Å². The molecule has 0 aromatic heterocycles. The van der Waals surface area contributed by atoms with Gasteiger partial charge in [0.05, 0.1) is 13.2 Å². The van der Waals surface area contributed by atoms with E-state index in [0.29, 0.717) is 19.3 Å². The second-order valence-electron chi connectivity index (χ2n) is 16.9. The number of ether oxygens (including phenoxy) is 1. The van der Waals surface area contributed by atoms with Gasteiger partial charge in [-0.1, -0.05) is 187 Å². The van der Waals surface area contributed by atoms with Gasteiger partial charge >= 0.3 is 11.9 Å². The van der Waals surface area contributed by atoms with Crippen LogP contribution in [0.1, 0.15) is 251 Å². The molecule has 2 unspecified atom stereocenters. The fourth-order valence-corrected chi connectivity index (χ4v) is 7.48. The lowest BCUT2D eigenvalue weighted by Gasteiger charge is -2.18. The average molecular weight is 821 g/mol. The minimum absolute atomic E-state index is 0.0129. The first kappa shape index (κ1) is 55.6. The number of allylic oxidation sites excluding steroid dienone is 2. The number of nitrogens with one attached hydrogen (secondary N) is 2. The molecule has 0 fully saturated rings. The van der Waals surface area contributed by atoms with Crippen molar-refractivity contribution in [3.05, 3.63) is 12.2 Å². The molecule has 0 bridgehead atoms. The first-order valence-corrected chi connectivity index (χ1v) is 24.6. The van der Waals surface area contributed by atoms with Crippen LogP contribution in [-0.2, 0) is 23.9 Å². The van der Waals surface area contributed by atoms with Crippen LogP contribution in [0.3, 0.4) is 0 Å². The molecule has 58 heavy (non-hydrogen) atoms. The molecule has 9 heteroatoms. The van der Waals surface area contributed by atoms with Crippen molar-refractivity contribution in [3.63, 3.8) is 0 Å². The third-order valence-corrected chi connectivity index (χ3v) is 11.3. The van der Waals surface area contributed by atoms with E-state index in [4.69, 9.17) is 14.9 Å². The molecular weight excluding hydrogens is 729 g/mol. The molecule has 0 aliphatic rings. The minimum Gasteiger partial charge on any atom is -0.480 e. The van der Waals surface area contributed by atoms with Crippen LogP contribution >= 0.6 is 0 Å². The van der Waals surface area contributed by atoms with Gasteiger partial charge in [-0.15, -0.1) is 0 Å². The lowest BCUT2D eigenvalue weighted by atomic mass is 10.0. The van der Waals surface area contributed by atoms with E-state index in [1.54, 1.807) is 0 Å². The van der Waals surface area contributed by atoms with Crippen LogP contribution in [0, 0.1) is 0 Å². The summed E-state index contributed by atoms with van der Waals surface area (Å²) in [6, 6.07) is -1.38. The number of carboxylic acid groups (broad SMARTS) is 1. The SMILES string of the molecule is CCCCCCCC/C=C\CCCCCCCC(=O)OC(CCCCCCCCCCCCCCCCC)CCCCCCCC(=O)NCC(=O)NC(CO)C(=O)O. The first-order chi connectivity index (χ1) is 28.3. The van der Waals surface area contributed by atoms with Gasteiger partial charge in [0, 0.05) is 12.8 Å². The molecule has 340 valence electrons. The van der Waals surface area contributed by atoms with E-state index < -0.39 is 24.5 Å². The second-order valence-corrected chi connectivity index (χ2v) is 16.9. The molecule has 0 aromatic rings. The normalized spacial score (nSPS) is 12.5. The largest absolute Gasteiger partial charge is 0.480 e.